The van der Waals surface area contributed by atoms with E-state index in [9.17, 15) is 19.5 Å². The lowest BCUT2D eigenvalue weighted by Crippen LogP contribution is -2.54. The quantitative estimate of drug-likeness (QED) is 0.540. The van der Waals surface area contributed by atoms with Gasteiger partial charge in [-0.25, -0.2) is 0 Å². The van der Waals surface area contributed by atoms with Gasteiger partial charge in [-0.05, 0) is 36.6 Å². The van der Waals surface area contributed by atoms with E-state index in [1.54, 1.807) is 42.5 Å². The van der Waals surface area contributed by atoms with E-state index in [-0.39, 0.29) is 12.6 Å². The highest BCUT2D eigenvalue weighted by Gasteiger charge is 2.71. The lowest BCUT2D eigenvalue weighted by molar-refractivity contribution is -0.144. The first kappa shape index (κ1) is 22.9. The third-order valence-electron chi connectivity index (χ3n) is 7.69. The summed E-state index contributed by atoms with van der Waals surface area (Å²) in [6.07, 6.45) is 0.218. The number of benzene rings is 2. The molecule has 10 heteroatoms. The predicted octanol–water partition coefficient (Wildman–Crippen LogP) is 2.63. The van der Waals surface area contributed by atoms with Gasteiger partial charge in [0.15, 0.2) is 0 Å². The van der Waals surface area contributed by atoms with Crippen molar-refractivity contribution < 1.29 is 24.2 Å². The molecule has 0 unspecified atom stereocenters. The molecular weight excluding hydrogens is 493 g/mol. The van der Waals surface area contributed by atoms with Crippen LogP contribution in [-0.4, -0.2) is 53.0 Å². The molecule has 3 saturated heterocycles. The van der Waals surface area contributed by atoms with Gasteiger partial charge in [0.2, 0.25) is 17.7 Å². The number of para-hydroxylation sites is 1. The van der Waals surface area contributed by atoms with Crippen LogP contribution in [0.4, 0.5) is 5.69 Å². The molecule has 4 heterocycles. The van der Waals surface area contributed by atoms with E-state index in [0.29, 0.717) is 33.5 Å². The summed E-state index contributed by atoms with van der Waals surface area (Å²) in [5.41, 5.74) is -0.118. The Bertz CT molecular complexity index is 1230. The zero-order chi connectivity index (χ0) is 24.5. The molecule has 8 nitrogen and oxygen atoms in total. The van der Waals surface area contributed by atoms with Crippen molar-refractivity contribution >= 4 is 46.6 Å². The first-order valence-electron chi connectivity index (χ1n) is 11.6. The van der Waals surface area contributed by atoms with Crippen LogP contribution in [0, 0.1) is 11.8 Å². The number of hydrogen-bond donors (Lipinski definition) is 3. The molecule has 0 bridgehead atoms. The Labute approximate surface area is 211 Å². The minimum absolute atomic E-state index is 0.133. The minimum atomic E-state index is -1.54. The number of amides is 3. The second kappa shape index (κ2) is 8.28. The maximum absolute atomic E-state index is 13.8. The van der Waals surface area contributed by atoms with Gasteiger partial charge >= 0.3 is 0 Å². The molecule has 4 aliphatic heterocycles. The molecule has 1 spiro atoms. The number of nitrogens with zero attached hydrogens (tertiary/aromatic N) is 1. The number of rotatable bonds is 4. The van der Waals surface area contributed by atoms with E-state index in [2.05, 4.69) is 10.6 Å². The van der Waals surface area contributed by atoms with Crippen LogP contribution < -0.4 is 10.6 Å². The van der Waals surface area contributed by atoms with Crippen LogP contribution in [-0.2, 0) is 24.7 Å². The fourth-order valence-corrected chi connectivity index (χ4v) is 6.44. The largest absolute Gasteiger partial charge is 0.387 e. The summed E-state index contributed by atoms with van der Waals surface area (Å²) in [6.45, 7) is 0.722. The number of aliphatic hydroxyl groups is 1. The smallest absolute Gasteiger partial charge is 0.250 e. The Hall–Kier alpha value is -2.49. The zero-order valence-electron chi connectivity index (χ0n) is 18.5. The lowest BCUT2D eigenvalue weighted by Gasteiger charge is -2.31. The third-order valence-corrected chi connectivity index (χ3v) is 8.25. The van der Waals surface area contributed by atoms with Gasteiger partial charge in [-0.3, -0.25) is 24.6 Å². The van der Waals surface area contributed by atoms with Crippen LogP contribution in [0.25, 0.3) is 0 Å². The first-order valence-corrected chi connectivity index (χ1v) is 12.4. The van der Waals surface area contributed by atoms with Crippen LogP contribution in [0.5, 0.6) is 0 Å². The number of carbonyl (C=O) groups excluding carboxylic acids is 3. The first-order chi connectivity index (χ1) is 16.8. The van der Waals surface area contributed by atoms with E-state index in [0.717, 1.165) is 12.8 Å². The molecular formula is C25H23Cl2N3O5. The van der Waals surface area contributed by atoms with E-state index in [4.69, 9.17) is 27.9 Å². The van der Waals surface area contributed by atoms with Gasteiger partial charge in [0.1, 0.15) is 5.54 Å². The van der Waals surface area contributed by atoms with Crippen molar-refractivity contribution in [2.24, 2.45) is 11.8 Å². The normalized spacial score (nSPS) is 32.3. The van der Waals surface area contributed by atoms with Gasteiger partial charge in [0.05, 0.1) is 47.3 Å². The average molecular weight is 516 g/mol. The van der Waals surface area contributed by atoms with Gasteiger partial charge in [-0.1, -0.05) is 47.5 Å². The summed E-state index contributed by atoms with van der Waals surface area (Å²) in [7, 11) is 0. The molecule has 0 saturated carbocycles. The summed E-state index contributed by atoms with van der Waals surface area (Å²) in [4.78, 5) is 42.3. The Morgan fingerprint density at radius 1 is 1.11 bits per heavy atom. The van der Waals surface area contributed by atoms with Crippen molar-refractivity contribution in [3.8, 4) is 0 Å². The van der Waals surface area contributed by atoms with Crippen LogP contribution in [0.15, 0.2) is 42.5 Å². The van der Waals surface area contributed by atoms with Crippen LogP contribution in [0.2, 0.25) is 10.0 Å². The highest BCUT2D eigenvalue weighted by Crippen LogP contribution is 2.55. The van der Waals surface area contributed by atoms with Gasteiger partial charge in [-0.15, -0.1) is 0 Å². The number of likely N-dealkylation sites (tertiary alicyclic amines) is 1. The summed E-state index contributed by atoms with van der Waals surface area (Å²) >= 11 is 12.4. The molecule has 0 aliphatic carbocycles. The Kier molecular flexibility index (Phi) is 5.43. The van der Waals surface area contributed by atoms with Crippen molar-refractivity contribution in [1.29, 1.82) is 0 Å². The number of fused-ring (bicyclic) bond motifs is 4. The number of anilines is 1. The third kappa shape index (κ3) is 3.28. The highest BCUT2D eigenvalue weighted by atomic mass is 35.5. The van der Waals surface area contributed by atoms with Gasteiger partial charge < -0.3 is 15.2 Å². The predicted molar refractivity (Wildman–Crippen MR) is 128 cm³/mol. The van der Waals surface area contributed by atoms with Crippen LogP contribution >= 0.6 is 23.2 Å². The summed E-state index contributed by atoms with van der Waals surface area (Å²) < 4.78 is 5.68. The monoisotopic (exact) mass is 515 g/mol. The van der Waals surface area contributed by atoms with E-state index in [1.165, 1.54) is 4.90 Å². The van der Waals surface area contributed by atoms with Crippen molar-refractivity contribution in [1.82, 2.24) is 10.2 Å². The maximum atomic E-state index is 13.8. The topological polar surface area (TPSA) is 108 Å². The molecule has 6 rings (SSSR count). The number of hydrogen-bond acceptors (Lipinski definition) is 6. The van der Waals surface area contributed by atoms with E-state index in [1.807, 2.05) is 0 Å². The van der Waals surface area contributed by atoms with Gasteiger partial charge in [0.25, 0.3) is 0 Å². The summed E-state index contributed by atoms with van der Waals surface area (Å²) in [5, 5.41) is 18.3. The fraction of sp³-hybridized carbons (Fsp3) is 0.400. The Morgan fingerprint density at radius 3 is 2.60 bits per heavy atom. The van der Waals surface area contributed by atoms with E-state index < -0.39 is 47.2 Å². The molecule has 0 radical (unpaired) electrons. The molecule has 2 aromatic carbocycles. The Morgan fingerprint density at radius 2 is 1.89 bits per heavy atom. The molecule has 182 valence electrons. The fourth-order valence-electron chi connectivity index (χ4n) is 6.09. The molecule has 0 aromatic heterocycles. The number of imide groups is 1. The summed E-state index contributed by atoms with van der Waals surface area (Å²) in [5.74, 6) is -3.33. The molecule has 4 aliphatic rings. The summed E-state index contributed by atoms with van der Waals surface area (Å²) in [6, 6.07) is 10.8. The number of halogens is 2. The van der Waals surface area contributed by atoms with Crippen LogP contribution in [0.1, 0.15) is 30.1 Å². The van der Waals surface area contributed by atoms with Crippen molar-refractivity contribution in [2.75, 3.05) is 18.5 Å². The number of carbonyl (C=O) groups is 3. The number of ether oxygens (including phenoxy) is 1. The standard InChI is InChI=1S/C25H23Cl2N3O5/c26-13-8-6-12(7-9-13)21(31)20-17-18(23(33)30(22(17)32)11-14-3-2-10-35-14)25(29-20)15-4-1-5-16(27)19(15)28-24(25)34/h1,4-9,14,17-18,20-21,29,31H,2-3,10-11H2,(H,28,34)/t14-,17+,18+,20+,21+,25+/m0/s1. The number of aliphatic hydroxyl groups excluding tert-OH is 1. The molecule has 6 atom stereocenters. The van der Waals surface area contributed by atoms with Crippen molar-refractivity contribution in [3.05, 3.63) is 63.6 Å². The number of nitrogens with one attached hydrogen (secondary N) is 2. The molecule has 3 amide bonds. The van der Waals surface area contributed by atoms with Crippen molar-refractivity contribution in [2.45, 2.75) is 36.6 Å². The van der Waals surface area contributed by atoms with Crippen molar-refractivity contribution in [3.63, 3.8) is 0 Å². The van der Waals surface area contributed by atoms with Gasteiger partial charge in [0, 0.05) is 17.2 Å². The molecule has 3 fully saturated rings. The van der Waals surface area contributed by atoms with Gasteiger partial charge in [-0.2, -0.15) is 0 Å². The SMILES string of the molecule is O=C1[C@H]2[C@H]([C@H](O)c3ccc(Cl)cc3)N[C@@]3(C(=O)Nc4c(Cl)cccc43)[C@H]2C(=O)N1C[C@@H]1CCCO1. The minimum Gasteiger partial charge on any atom is -0.387 e. The second-order valence-electron chi connectivity index (χ2n) is 9.52. The highest BCUT2D eigenvalue weighted by molar-refractivity contribution is 6.35. The molecule has 3 N–H and O–H groups in total. The molecule has 2 aromatic rings. The zero-order valence-corrected chi connectivity index (χ0v) is 20.1. The lowest BCUT2D eigenvalue weighted by atomic mass is 9.76. The Balaban J connectivity index is 1.46. The average Bonchev–Trinajstić information content (AvgIpc) is 3.59. The van der Waals surface area contributed by atoms with Crippen LogP contribution in [0.3, 0.4) is 0 Å². The molecule has 35 heavy (non-hydrogen) atoms. The second-order valence-corrected chi connectivity index (χ2v) is 10.4. The van der Waals surface area contributed by atoms with E-state index >= 15 is 0 Å². The maximum Gasteiger partial charge on any atom is 0.250 e.